The molecule has 226 valence electrons. The molecule has 2 heterocycles. The third kappa shape index (κ3) is 7.20. The van der Waals surface area contributed by atoms with Crippen molar-refractivity contribution in [1.29, 1.82) is 0 Å². The summed E-state index contributed by atoms with van der Waals surface area (Å²) in [5.74, 6) is 0. The number of hydrogen-bond acceptors (Lipinski definition) is 7. The van der Waals surface area contributed by atoms with Gasteiger partial charge in [-0.1, -0.05) is 13.5 Å². The van der Waals surface area contributed by atoms with Gasteiger partial charge in [0.2, 0.25) is 20.0 Å². The number of benzene rings is 2. The largest absolute Gasteiger partial charge is 0.378 e. The minimum Gasteiger partial charge on any atom is -0.378 e. The quantitative estimate of drug-likeness (QED) is 0.375. The summed E-state index contributed by atoms with van der Waals surface area (Å²) in [5, 5.41) is 0. The number of aromatic nitrogens is 1. The molecular weight excluding hydrogens is 571 g/mol. The van der Waals surface area contributed by atoms with Gasteiger partial charge in [-0.15, -0.1) is 0 Å². The highest BCUT2D eigenvalue weighted by Crippen LogP contribution is 2.24. The summed E-state index contributed by atoms with van der Waals surface area (Å²) < 4.78 is 58.3. The van der Waals surface area contributed by atoms with E-state index in [0.29, 0.717) is 18.4 Å². The number of pyridine rings is 1. The van der Waals surface area contributed by atoms with Crippen molar-refractivity contribution >= 4 is 31.4 Å². The van der Waals surface area contributed by atoms with Crippen LogP contribution in [-0.2, 0) is 39.3 Å². The fraction of sp³-hybridized carbons (Fsp3) is 0.387. The first-order valence-corrected chi connectivity index (χ1v) is 16.9. The third-order valence-corrected chi connectivity index (χ3v) is 11.1. The predicted molar refractivity (Wildman–Crippen MR) is 169 cm³/mol. The van der Waals surface area contributed by atoms with Crippen molar-refractivity contribution in [3.63, 3.8) is 0 Å². The van der Waals surface area contributed by atoms with Gasteiger partial charge < -0.3 is 9.80 Å². The monoisotopic (exact) mass is 611 g/mol. The highest BCUT2D eigenvalue weighted by Gasteiger charge is 2.29. The molecular formula is C31H41N5O4S2. The Kier molecular flexibility index (Phi) is 9.77. The molecule has 0 saturated carbocycles. The maximum atomic E-state index is 13.9. The smallest absolute Gasteiger partial charge is 0.243 e. The molecule has 2 bridgehead atoms. The molecule has 9 nitrogen and oxygen atoms in total. The molecule has 0 atom stereocenters. The van der Waals surface area contributed by atoms with Crippen molar-refractivity contribution in [2.45, 2.75) is 36.0 Å². The number of aryl methyl sites for hydroxylation is 1. The summed E-state index contributed by atoms with van der Waals surface area (Å²) >= 11 is 0. The van der Waals surface area contributed by atoms with E-state index in [1.165, 1.54) is 8.61 Å². The molecule has 0 fully saturated rings. The molecule has 42 heavy (non-hydrogen) atoms. The standard InChI is InChI=1S/C31H41N5O4S2/c1-7-25-20-26-16-18-35(41(37,38)30-12-8-28(9-13-30)33(3)4)22-24(2)23-36(19-17-27(21-25)32-26)42(39,40)31-14-10-29(11-15-31)34(5)6/h8-15,20-21H,2,7,16-19,22-23H2,1,3-6H3. The zero-order chi connectivity index (χ0) is 30.7. The minimum absolute atomic E-state index is 0.0102. The zero-order valence-electron chi connectivity index (χ0n) is 25.1. The lowest BCUT2D eigenvalue weighted by molar-refractivity contribution is 0.401. The number of fused-ring (bicyclic) bond motifs is 2. The molecule has 0 aliphatic carbocycles. The molecule has 4 rings (SSSR count). The second-order valence-corrected chi connectivity index (χ2v) is 14.9. The maximum Gasteiger partial charge on any atom is 0.243 e. The first-order chi connectivity index (χ1) is 19.8. The van der Waals surface area contributed by atoms with Crippen LogP contribution in [0.2, 0.25) is 0 Å². The number of nitrogens with zero attached hydrogens (tertiary/aromatic N) is 5. The number of sulfonamides is 2. The van der Waals surface area contributed by atoms with Crippen molar-refractivity contribution in [3.05, 3.63) is 89.8 Å². The van der Waals surface area contributed by atoms with Gasteiger partial charge in [0, 0.05) is 90.0 Å². The summed E-state index contributed by atoms with van der Waals surface area (Å²) in [6.45, 7) is 6.56. The molecule has 3 aromatic rings. The van der Waals surface area contributed by atoms with Gasteiger partial charge >= 0.3 is 0 Å². The van der Waals surface area contributed by atoms with E-state index >= 15 is 0 Å². The van der Waals surface area contributed by atoms with E-state index in [0.717, 1.165) is 34.7 Å². The summed E-state index contributed by atoms with van der Waals surface area (Å²) in [4.78, 5) is 8.96. The zero-order valence-corrected chi connectivity index (χ0v) is 26.7. The van der Waals surface area contributed by atoms with Gasteiger partial charge in [-0.2, -0.15) is 8.61 Å². The summed E-state index contributed by atoms with van der Waals surface area (Å²) in [6.07, 6.45) is 1.66. The van der Waals surface area contributed by atoms with Crippen LogP contribution in [0.3, 0.4) is 0 Å². The second-order valence-electron chi connectivity index (χ2n) is 11.0. The first-order valence-electron chi connectivity index (χ1n) is 14.0. The van der Waals surface area contributed by atoms with Gasteiger partial charge in [-0.3, -0.25) is 4.98 Å². The van der Waals surface area contributed by atoms with Gasteiger partial charge in [0.1, 0.15) is 0 Å². The molecule has 0 radical (unpaired) electrons. The Morgan fingerprint density at radius 1 is 0.714 bits per heavy atom. The molecule has 0 N–H and O–H groups in total. The highest BCUT2D eigenvalue weighted by molar-refractivity contribution is 7.89. The van der Waals surface area contributed by atoms with Gasteiger partial charge in [-0.05, 0) is 78.2 Å². The van der Waals surface area contributed by atoms with Crippen LogP contribution >= 0.6 is 0 Å². The lowest BCUT2D eigenvalue weighted by Crippen LogP contribution is -2.40. The Labute approximate surface area is 251 Å². The molecule has 0 amide bonds. The summed E-state index contributed by atoms with van der Waals surface area (Å²) in [6, 6.07) is 17.5. The Hall–Kier alpha value is -3.25. The van der Waals surface area contributed by atoms with Crippen LogP contribution in [-0.4, -0.2) is 84.8 Å². The Balaban J connectivity index is 1.72. The number of hydrogen-bond donors (Lipinski definition) is 0. The molecule has 0 unspecified atom stereocenters. The van der Waals surface area contributed by atoms with E-state index in [2.05, 4.69) is 13.5 Å². The van der Waals surface area contributed by atoms with Crippen LogP contribution in [0, 0.1) is 0 Å². The molecule has 1 aliphatic rings. The van der Waals surface area contributed by atoms with E-state index in [4.69, 9.17) is 4.98 Å². The van der Waals surface area contributed by atoms with Crippen molar-refractivity contribution in [2.24, 2.45) is 0 Å². The lowest BCUT2D eigenvalue weighted by atomic mass is 10.1. The van der Waals surface area contributed by atoms with Crippen LogP contribution in [0.5, 0.6) is 0 Å². The van der Waals surface area contributed by atoms with Crippen molar-refractivity contribution in [2.75, 3.05) is 64.2 Å². The molecule has 0 spiro atoms. The SMILES string of the molecule is C=C1CN(S(=O)(=O)c2ccc(N(C)C)cc2)CCc2cc(CC)cc(n2)CCN(S(=O)(=O)c2ccc(N(C)C)cc2)C1. The van der Waals surface area contributed by atoms with Crippen LogP contribution in [0.15, 0.2) is 82.6 Å². The highest BCUT2D eigenvalue weighted by atomic mass is 32.2. The van der Waals surface area contributed by atoms with Crippen molar-refractivity contribution in [1.82, 2.24) is 13.6 Å². The second kappa shape index (κ2) is 12.9. The van der Waals surface area contributed by atoms with Crippen LogP contribution in [0.25, 0.3) is 0 Å². The molecule has 2 aromatic carbocycles. The first kappa shape index (κ1) is 31.7. The van der Waals surface area contributed by atoms with Gasteiger partial charge in [0.05, 0.1) is 9.79 Å². The Morgan fingerprint density at radius 3 is 1.43 bits per heavy atom. The van der Waals surface area contributed by atoms with E-state index in [9.17, 15) is 16.8 Å². The molecule has 0 saturated heterocycles. The van der Waals surface area contributed by atoms with Crippen LogP contribution in [0.1, 0.15) is 23.9 Å². The Bertz CT molecular complexity index is 1500. The normalized spacial score (nSPS) is 16.0. The average Bonchev–Trinajstić information content (AvgIpc) is 2.96. The number of rotatable bonds is 7. The van der Waals surface area contributed by atoms with E-state index in [-0.39, 0.29) is 36.0 Å². The third-order valence-electron chi connectivity index (χ3n) is 7.42. The fourth-order valence-corrected chi connectivity index (χ4v) is 7.83. The van der Waals surface area contributed by atoms with Gasteiger partial charge in [0.15, 0.2) is 0 Å². The number of anilines is 2. The topological polar surface area (TPSA) is 94.1 Å². The van der Waals surface area contributed by atoms with E-state index in [1.54, 1.807) is 48.5 Å². The van der Waals surface area contributed by atoms with Crippen LogP contribution in [0.4, 0.5) is 11.4 Å². The molecule has 1 aromatic heterocycles. The maximum absolute atomic E-state index is 13.9. The van der Waals surface area contributed by atoms with Gasteiger partial charge in [0.25, 0.3) is 0 Å². The molecule has 1 aliphatic heterocycles. The molecule has 11 heteroatoms. The minimum atomic E-state index is -3.90. The Morgan fingerprint density at radius 2 is 1.10 bits per heavy atom. The lowest BCUT2D eigenvalue weighted by Gasteiger charge is -2.28. The fourth-order valence-electron chi connectivity index (χ4n) is 4.91. The summed E-state index contributed by atoms with van der Waals surface area (Å²) in [7, 11) is -0.220. The average molecular weight is 612 g/mol. The van der Waals surface area contributed by atoms with E-state index < -0.39 is 20.0 Å². The van der Waals surface area contributed by atoms with Gasteiger partial charge in [-0.25, -0.2) is 16.8 Å². The predicted octanol–water partition coefficient (Wildman–Crippen LogP) is 3.81. The van der Waals surface area contributed by atoms with Crippen LogP contribution < -0.4 is 9.80 Å². The van der Waals surface area contributed by atoms with E-state index in [1.807, 2.05) is 50.1 Å². The summed E-state index contributed by atoms with van der Waals surface area (Å²) in [5.41, 5.74) is 4.92. The van der Waals surface area contributed by atoms with Crippen molar-refractivity contribution < 1.29 is 16.8 Å². The van der Waals surface area contributed by atoms with Crippen molar-refractivity contribution in [3.8, 4) is 0 Å².